The van der Waals surface area contributed by atoms with Gasteiger partial charge in [-0.25, -0.2) is 4.98 Å². The number of benzene rings is 1. The number of nitrogens with zero attached hydrogens (tertiary/aromatic N) is 2. The standard InChI is InChI=1S/C13H15N3O2S/c14-12(18)11(16-6-5-8(17)7-16)13-15-9-3-1-2-4-10(9)19-13/h1-4,8,11,17H,5-7H2,(H2,14,18). The van der Waals surface area contributed by atoms with Gasteiger partial charge >= 0.3 is 0 Å². The topological polar surface area (TPSA) is 79.5 Å². The Bertz CT molecular complexity index is 580. The minimum absolute atomic E-state index is 0.378. The molecule has 2 atom stereocenters. The molecule has 1 amide bonds. The molecule has 0 saturated carbocycles. The molecule has 2 heterocycles. The number of β-amino-alcohol motifs (C(OH)–C–C–N with tert-alkyl or cyclic N) is 1. The van der Waals surface area contributed by atoms with Gasteiger partial charge in [0.05, 0.1) is 16.3 Å². The van der Waals surface area contributed by atoms with Crippen LogP contribution in [0.2, 0.25) is 0 Å². The van der Waals surface area contributed by atoms with E-state index >= 15 is 0 Å². The molecule has 100 valence electrons. The normalized spacial score (nSPS) is 21.8. The maximum absolute atomic E-state index is 11.7. The molecule has 2 unspecified atom stereocenters. The number of carbonyl (C=O) groups excluding carboxylic acids is 1. The maximum Gasteiger partial charge on any atom is 0.241 e. The van der Waals surface area contributed by atoms with Crippen LogP contribution < -0.4 is 5.73 Å². The largest absolute Gasteiger partial charge is 0.392 e. The third kappa shape index (κ3) is 2.34. The van der Waals surface area contributed by atoms with Crippen molar-refractivity contribution in [3.8, 4) is 0 Å². The second kappa shape index (κ2) is 4.88. The summed E-state index contributed by atoms with van der Waals surface area (Å²) in [6.07, 6.45) is 0.297. The summed E-state index contributed by atoms with van der Waals surface area (Å²) >= 11 is 1.49. The quantitative estimate of drug-likeness (QED) is 0.873. The highest BCUT2D eigenvalue weighted by Crippen LogP contribution is 2.31. The number of aliphatic hydroxyl groups excluding tert-OH is 1. The first-order chi connectivity index (χ1) is 9.15. The Balaban J connectivity index is 1.97. The van der Waals surface area contributed by atoms with Crippen LogP contribution >= 0.6 is 11.3 Å². The van der Waals surface area contributed by atoms with Crippen molar-refractivity contribution in [2.45, 2.75) is 18.6 Å². The van der Waals surface area contributed by atoms with E-state index in [4.69, 9.17) is 5.73 Å². The molecule has 3 rings (SSSR count). The van der Waals surface area contributed by atoms with Gasteiger partial charge in [-0.3, -0.25) is 9.69 Å². The van der Waals surface area contributed by atoms with E-state index < -0.39 is 11.9 Å². The van der Waals surface area contributed by atoms with Crippen LogP contribution in [0.1, 0.15) is 17.5 Å². The molecule has 6 heteroatoms. The lowest BCUT2D eigenvalue weighted by molar-refractivity contribution is -0.123. The highest BCUT2D eigenvalue weighted by Gasteiger charge is 2.33. The Morgan fingerprint density at radius 2 is 2.32 bits per heavy atom. The monoisotopic (exact) mass is 277 g/mol. The molecule has 3 N–H and O–H groups in total. The van der Waals surface area contributed by atoms with Crippen LogP contribution in [0.15, 0.2) is 24.3 Å². The molecule has 1 fully saturated rings. The third-order valence-electron chi connectivity index (χ3n) is 3.37. The lowest BCUT2D eigenvalue weighted by Gasteiger charge is -2.22. The number of hydrogen-bond acceptors (Lipinski definition) is 5. The predicted octanol–water partition coefficient (Wildman–Crippen LogP) is 0.889. The number of fused-ring (bicyclic) bond motifs is 1. The van der Waals surface area contributed by atoms with Crippen LogP contribution in [0.5, 0.6) is 0 Å². The van der Waals surface area contributed by atoms with Gasteiger partial charge in [0.15, 0.2) is 0 Å². The number of aliphatic hydroxyl groups is 1. The van der Waals surface area contributed by atoms with Gasteiger partial charge in [-0.1, -0.05) is 12.1 Å². The van der Waals surface area contributed by atoms with E-state index in [1.54, 1.807) is 0 Å². The maximum atomic E-state index is 11.7. The van der Waals surface area contributed by atoms with Crippen molar-refractivity contribution in [1.29, 1.82) is 0 Å². The molecular formula is C13H15N3O2S. The Labute approximate surface area is 114 Å². The number of likely N-dealkylation sites (tertiary alicyclic amines) is 1. The van der Waals surface area contributed by atoms with Gasteiger partial charge in [-0.05, 0) is 18.6 Å². The van der Waals surface area contributed by atoms with Crippen LogP contribution in [-0.4, -0.2) is 40.1 Å². The second-order valence-electron chi connectivity index (χ2n) is 4.76. The first-order valence-electron chi connectivity index (χ1n) is 6.22. The number of para-hydroxylation sites is 1. The average molecular weight is 277 g/mol. The number of carbonyl (C=O) groups is 1. The van der Waals surface area contributed by atoms with Crippen molar-refractivity contribution in [2.24, 2.45) is 5.73 Å². The number of thiazole rings is 1. The molecule has 1 aliphatic rings. The fourth-order valence-corrected chi connectivity index (χ4v) is 3.58. The van der Waals surface area contributed by atoms with E-state index in [2.05, 4.69) is 4.98 Å². The van der Waals surface area contributed by atoms with E-state index in [-0.39, 0.29) is 6.10 Å². The third-order valence-corrected chi connectivity index (χ3v) is 4.46. The summed E-state index contributed by atoms with van der Waals surface area (Å²) in [6, 6.07) is 7.24. The Morgan fingerprint density at radius 3 is 2.95 bits per heavy atom. The number of rotatable bonds is 3. The van der Waals surface area contributed by atoms with Crippen molar-refractivity contribution >= 4 is 27.5 Å². The van der Waals surface area contributed by atoms with Gasteiger partial charge < -0.3 is 10.8 Å². The molecule has 0 aliphatic carbocycles. The summed E-state index contributed by atoms with van der Waals surface area (Å²) in [5.74, 6) is -0.409. The first-order valence-corrected chi connectivity index (χ1v) is 7.03. The predicted molar refractivity (Wildman–Crippen MR) is 73.8 cm³/mol. The molecule has 2 aromatic rings. The summed E-state index contributed by atoms with van der Waals surface area (Å²) in [6.45, 7) is 1.15. The van der Waals surface area contributed by atoms with Crippen LogP contribution in [0.4, 0.5) is 0 Å². The van der Waals surface area contributed by atoms with Crippen molar-refractivity contribution < 1.29 is 9.90 Å². The molecule has 1 saturated heterocycles. The fourth-order valence-electron chi connectivity index (χ4n) is 2.47. The van der Waals surface area contributed by atoms with Gasteiger partial charge in [-0.15, -0.1) is 11.3 Å². The molecule has 0 radical (unpaired) electrons. The number of aromatic nitrogens is 1. The van der Waals surface area contributed by atoms with Gasteiger partial charge in [0.2, 0.25) is 5.91 Å². The van der Waals surface area contributed by atoms with Gasteiger partial charge in [0, 0.05) is 13.1 Å². The number of primary amides is 1. The smallest absolute Gasteiger partial charge is 0.241 e. The molecule has 19 heavy (non-hydrogen) atoms. The van der Waals surface area contributed by atoms with E-state index in [1.807, 2.05) is 29.2 Å². The first kappa shape index (κ1) is 12.5. The minimum Gasteiger partial charge on any atom is -0.392 e. The van der Waals surface area contributed by atoms with E-state index in [9.17, 15) is 9.90 Å². The zero-order valence-corrected chi connectivity index (χ0v) is 11.1. The zero-order chi connectivity index (χ0) is 13.4. The van der Waals surface area contributed by atoms with Crippen LogP contribution in [0, 0.1) is 0 Å². The molecule has 0 spiro atoms. The second-order valence-corrected chi connectivity index (χ2v) is 5.82. The number of amides is 1. The van der Waals surface area contributed by atoms with E-state index in [0.717, 1.165) is 10.2 Å². The molecule has 1 aromatic heterocycles. The van der Waals surface area contributed by atoms with Crippen LogP contribution in [-0.2, 0) is 4.79 Å². The summed E-state index contributed by atoms with van der Waals surface area (Å²) in [7, 11) is 0. The van der Waals surface area contributed by atoms with E-state index in [1.165, 1.54) is 11.3 Å². The van der Waals surface area contributed by atoms with Gasteiger partial charge in [-0.2, -0.15) is 0 Å². The zero-order valence-electron chi connectivity index (χ0n) is 10.3. The lowest BCUT2D eigenvalue weighted by atomic mass is 10.2. The van der Waals surface area contributed by atoms with Crippen molar-refractivity contribution in [3.05, 3.63) is 29.3 Å². The van der Waals surface area contributed by atoms with Crippen molar-refractivity contribution in [1.82, 2.24) is 9.88 Å². The number of hydrogen-bond donors (Lipinski definition) is 2. The Hall–Kier alpha value is -1.50. The van der Waals surface area contributed by atoms with Crippen molar-refractivity contribution in [3.63, 3.8) is 0 Å². The molecule has 5 nitrogen and oxygen atoms in total. The highest BCUT2D eigenvalue weighted by atomic mass is 32.1. The summed E-state index contributed by atoms with van der Waals surface area (Å²) in [5, 5.41) is 10.3. The van der Waals surface area contributed by atoms with Gasteiger partial charge in [0.1, 0.15) is 11.0 Å². The molecule has 1 aliphatic heterocycles. The highest BCUT2D eigenvalue weighted by molar-refractivity contribution is 7.18. The van der Waals surface area contributed by atoms with Crippen molar-refractivity contribution in [2.75, 3.05) is 13.1 Å². The van der Waals surface area contributed by atoms with Gasteiger partial charge in [0.25, 0.3) is 0 Å². The summed E-state index contributed by atoms with van der Waals surface area (Å²) < 4.78 is 1.04. The fraction of sp³-hybridized carbons (Fsp3) is 0.385. The molecule has 1 aromatic carbocycles. The lowest BCUT2D eigenvalue weighted by Crippen LogP contribution is -2.36. The average Bonchev–Trinajstić information content (AvgIpc) is 2.95. The Kier molecular flexibility index (Phi) is 3.22. The molecular weight excluding hydrogens is 262 g/mol. The Morgan fingerprint density at radius 1 is 1.53 bits per heavy atom. The SMILES string of the molecule is NC(=O)C(c1nc2ccccc2s1)N1CCC(O)C1. The van der Waals surface area contributed by atoms with Crippen LogP contribution in [0.3, 0.4) is 0 Å². The van der Waals surface area contributed by atoms with Crippen LogP contribution in [0.25, 0.3) is 10.2 Å². The summed E-state index contributed by atoms with van der Waals surface area (Å²) in [5.41, 5.74) is 6.40. The minimum atomic E-state index is -0.533. The number of nitrogens with two attached hydrogens (primary N) is 1. The summed E-state index contributed by atoms with van der Waals surface area (Å²) in [4.78, 5) is 18.1. The van der Waals surface area contributed by atoms with E-state index in [0.29, 0.717) is 24.5 Å². The molecule has 0 bridgehead atoms.